The molecule has 1 N–H and O–H groups in total. The molecule has 2 unspecified atom stereocenters. The van der Waals surface area contributed by atoms with Crippen molar-refractivity contribution in [2.75, 3.05) is 20.2 Å². The molecule has 0 aliphatic carbocycles. The van der Waals surface area contributed by atoms with Crippen molar-refractivity contribution >= 4 is 12.1 Å². The van der Waals surface area contributed by atoms with Gasteiger partial charge < -0.3 is 19.7 Å². The second kappa shape index (κ2) is 5.56. The van der Waals surface area contributed by atoms with Crippen molar-refractivity contribution in [2.45, 2.75) is 45.4 Å². The predicted molar refractivity (Wildman–Crippen MR) is 66.2 cm³/mol. The van der Waals surface area contributed by atoms with Crippen LogP contribution in [-0.2, 0) is 14.3 Å². The number of amides is 1. The molecule has 1 rings (SSSR count). The summed E-state index contributed by atoms with van der Waals surface area (Å²) in [4.78, 5) is 25.0. The second-order valence-electron chi connectivity index (χ2n) is 5.47. The molecule has 0 aromatic heterocycles. The molecule has 0 spiro atoms. The van der Waals surface area contributed by atoms with E-state index in [4.69, 9.17) is 4.74 Å². The molecule has 0 aromatic carbocycles. The lowest BCUT2D eigenvalue weighted by Gasteiger charge is -2.38. The van der Waals surface area contributed by atoms with Gasteiger partial charge in [0.2, 0.25) is 0 Å². The highest BCUT2D eigenvalue weighted by molar-refractivity contribution is 5.77. The largest absolute Gasteiger partial charge is 0.468 e. The Hall–Kier alpha value is -1.30. The Labute approximate surface area is 108 Å². The number of nitrogens with zero attached hydrogens (tertiary/aromatic N) is 1. The third-order valence-corrected chi connectivity index (χ3v) is 2.68. The third-order valence-electron chi connectivity index (χ3n) is 2.68. The maximum atomic E-state index is 12.0. The Balaban J connectivity index is 2.67. The summed E-state index contributed by atoms with van der Waals surface area (Å²) in [6, 6.07) is -0.500. The number of carbonyl (C=O) groups excluding carboxylic acids is 2. The van der Waals surface area contributed by atoms with Gasteiger partial charge in [-0.3, -0.25) is 4.79 Å². The smallest absolute Gasteiger partial charge is 0.410 e. The lowest BCUT2D eigenvalue weighted by molar-refractivity contribution is -0.144. The lowest BCUT2D eigenvalue weighted by atomic mass is 10.1. The average Bonchev–Trinajstić information content (AvgIpc) is 2.26. The molecular formula is C12H22N2O4. The molecule has 1 amide bonds. The number of esters is 1. The summed E-state index contributed by atoms with van der Waals surface area (Å²) >= 11 is 0. The topological polar surface area (TPSA) is 67.9 Å². The first-order valence-corrected chi connectivity index (χ1v) is 6.05. The van der Waals surface area contributed by atoms with Crippen molar-refractivity contribution in [1.29, 1.82) is 0 Å². The zero-order valence-electron chi connectivity index (χ0n) is 11.6. The number of methoxy groups -OCH3 is 1. The van der Waals surface area contributed by atoms with Crippen LogP contribution in [0, 0.1) is 0 Å². The summed E-state index contributed by atoms with van der Waals surface area (Å²) < 4.78 is 9.99. The van der Waals surface area contributed by atoms with Crippen molar-refractivity contribution in [3.05, 3.63) is 0 Å². The van der Waals surface area contributed by atoms with E-state index in [0.29, 0.717) is 6.54 Å². The van der Waals surface area contributed by atoms with E-state index in [2.05, 4.69) is 10.1 Å². The SMILES string of the molecule is COC(=O)C1CN(C(=O)OC(C)(C)C)C(C)CN1. The fourth-order valence-corrected chi connectivity index (χ4v) is 1.74. The second-order valence-corrected chi connectivity index (χ2v) is 5.47. The number of hydrogen-bond donors (Lipinski definition) is 1. The molecule has 6 nitrogen and oxygen atoms in total. The maximum absolute atomic E-state index is 12.0. The van der Waals surface area contributed by atoms with Gasteiger partial charge in [-0.2, -0.15) is 0 Å². The van der Waals surface area contributed by atoms with E-state index in [1.165, 1.54) is 7.11 Å². The van der Waals surface area contributed by atoms with Crippen molar-refractivity contribution in [1.82, 2.24) is 10.2 Å². The van der Waals surface area contributed by atoms with Crippen LogP contribution in [0.25, 0.3) is 0 Å². The van der Waals surface area contributed by atoms with Gasteiger partial charge in [0, 0.05) is 12.6 Å². The van der Waals surface area contributed by atoms with Crippen LogP contribution in [0.3, 0.4) is 0 Å². The molecule has 1 saturated heterocycles. The fraction of sp³-hybridized carbons (Fsp3) is 0.833. The lowest BCUT2D eigenvalue weighted by Crippen LogP contribution is -2.60. The number of piperazine rings is 1. The highest BCUT2D eigenvalue weighted by Crippen LogP contribution is 2.14. The van der Waals surface area contributed by atoms with Crippen LogP contribution in [0.15, 0.2) is 0 Å². The minimum Gasteiger partial charge on any atom is -0.468 e. The average molecular weight is 258 g/mol. The summed E-state index contributed by atoms with van der Waals surface area (Å²) in [5.74, 6) is -0.365. The summed E-state index contributed by atoms with van der Waals surface area (Å²) in [6.07, 6.45) is -0.398. The van der Waals surface area contributed by atoms with E-state index in [1.807, 2.05) is 27.7 Å². The molecule has 1 heterocycles. The Kier molecular flexibility index (Phi) is 4.56. The van der Waals surface area contributed by atoms with Gasteiger partial charge in [0.1, 0.15) is 11.6 Å². The van der Waals surface area contributed by atoms with Crippen LogP contribution >= 0.6 is 0 Å². The molecule has 0 bridgehead atoms. The standard InChI is InChI=1S/C12H22N2O4/c1-8-6-13-9(10(15)17-5)7-14(8)11(16)18-12(2,3)4/h8-9,13H,6-7H2,1-5H3. The van der Waals surface area contributed by atoms with Gasteiger partial charge in [0.25, 0.3) is 0 Å². The zero-order valence-corrected chi connectivity index (χ0v) is 11.6. The van der Waals surface area contributed by atoms with Crippen LogP contribution in [0.2, 0.25) is 0 Å². The predicted octanol–water partition coefficient (Wildman–Crippen LogP) is 0.757. The van der Waals surface area contributed by atoms with E-state index in [-0.39, 0.29) is 18.6 Å². The molecule has 18 heavy (non-hydrogen) atoms. The van der Waals surface area contributed by atoms with E-state index in [0.717, 1.165) is 0 Å². The quantitative estimate of drug-likeness (QED) is 0.703. The van der Waals surface area contributed by atoms with Crippen LogP contribution in [0.1, 0.15) is 27.7 Å². The van der Waals surface area contributed by atoms with Crippen molar-refractivity contribution in [2.24, 2.45) is 0 Å². The molecule has 0 aromatic rings. The molecule has 0 radical (unpaired) electrons. The molecule has 6 heteroatoms. The zero-order chi connectivity index (χ0) is 13.9. The number of ether oxygens (including phenoxy) is 2. The van der Waals surface area contributed by atoms with Crippen molar-refractivity contribution in [3.63, 3.8) is 0 Å². The first-order valence-electron chi connectivity index (χ1n) is 6.05. The minimum absolute atomic E-state index is 0.0132. The first kappa shape index (κ1) is 14.8. The Morgan fingerprint density at radius 1 is 1.33 bits per heavy atom. The first-order chi connectivity index (χ1) is 8.24. The fourth-order valence-electron chi connectivity index (χ4n) is 1.74. The van der Waals surface area contributed by atoms with E-state index in [9.17, 15) is 9.59 Å². The molecular weight excluding hydrogens is 236 g/mol. The summed E-state index contributed by atoms with van der Waals surface area (Å²) in [7, 11) is 1.33. The summed E-state index contributed by atoms with van der Waals surface area (Å²) in [5.41, 5.74) is -0.539. The molecule has 0 saturated carbocycles. The highest BCUT2D eigenvalue weighted by atomic mass is 16.6. The Bertz CT molecular complexity index is 325. The third kappa shape index (κ3) is 3.87. The van der Waals surface area contributed by atoms with Gasteiger partial charge in [-0.15, -0.1) is 0 Å². The normalized spacial score (nSPS) is 24.6. The number of nitrogens with one attached hydrogen (secondary N) is 1. The van der Waals surface area contributed by atoms with Crippen LogP contribution in [0.4, 0.5) is 4.79 Å². The maximum Gasteiger partial charge on any atom is 0.410 e. The van der Waals surface area contributed by atoms with E-state index >= 15 is 0 Å². The highest BCUT2D eigenvalue weighted by Gasteiger charge is 2.34. The Morgan fingerprint density at radius 3 is 2.44 bits per heavy atom. The molecule has 1 aliphatic heterocycles. The van der Waals surface area contributed by atoms with E-state index < -0.39 is 17.7 Å². The van der Waals surface area contributed by atoms with Gasteiger partial charge >= 0.3 is 12.1 Å². The molecule has 104 valence electrons. The molecule has 1 fully saturated rings. The van der Waals surface area contributed by atoms with Crippen molar-refractivity contribution < 1.29 is 19.1 Å². The van der Waals surface area contributed by atoms with Gasteiger partial charge in [-0.1, -0.05) is 0 Å². The van der Waals surface area contributed by atoms with Crippen LogP contribution in [0.5, 0.6) is 0 Å². The van der Waals surface area contributed by atoms with Crippen LogP contribution < -0.4 is 5.32 Å². The number of rotatable bonds is 1. The monoisotopic (exact) mass is 258 g/mol. The Morgan fingerprint density at radius 2 is 1.94 bits per heavy atom. The van der Waals surface area contributed by atoms with Crippen molar-refractivity contribution in [3.8, 4) is 0 Å². The van der Waals surface area contributed by atoms with Gasteiger partial charge in [-0.25, -0.2) is 4.79 Å². The molecule has 1 aliphatic rings. The summed E-state index contributed by atoms with van der Waals surface area (Å²) in [6.45, 7) is 8.16. The number of hydrogen-bond acceptors (Lipinski definition) is 5. The van der Waals surface area contributed by atoms with Gasteiger partial charge in [0.15, 0.2) is 0 Å². The number of carbonyl (C=O) groups is 2. The van der Waals surface area contributed by atoms with Crippen LogP contribution in [-0.4, -0.2) is 54.8 Å². The summed E-state index contributed by atoms with van der Waals surface area (Å²) in [5, 5.41) is 3.04. The van der Waals surface area contributed by atoms with Gasteiger partial charge in [0.05, 0.1) is 13.7 Å². The van der Waals surface area contributed by atoms with E-state index in [1.54, 1.807) is 4.90 Å². The minimum atomic E-state index is -0.539. The van der Waals surface area contributed by atoms with Gasteiger partial charge in [-0.05, 0) is 27.7 Å². The molecule has 2 atom stereocenters.